The maximum Gasteiger partial charge on any atom is 0.0884 e. The van der Waals surface area contributed by atoms with Crippen molar-refractivity contribution in [3.63, 3.8) is 0 Å². The lowest BCUT2D eigenvalue weighted by molar-refractivity contribution is 1.41. The molecule has 0 aliphatic heterocycles. The number of aryl methyl sites for hydroxylation is 1. The van der Waals surface area contributed by atoms with Crippen molar-refractivity contribution >= 4 is 27.6 Å². The molecule has 2 aromatic heterocycles. The van der Waals surface area contributed by atoms with Crippen molar-refractivity contribution in [2.75, 3.05) is 0 Å². The summed E-state index contributed by atoms with van der Waals surface area (Å²) in [6.45, 7) is 4.17. The number of hydrogen-bond acceptors (Lipinski definition) is 2. The third-order valence-electron chi connectivity index (χ3n) is 2.00. The average Bonchev–Trinajstić information content (AvgIpc) is 2.44. The van der Waals surface area contributed by atoms with Crippen LogP contribution >= 0.6 is 11.3 Å². The standard InChI is InChI=1S/C11H11NS/c1-3-5-9-8(2)13-10-6-4-7-12-11(9)10/h3-7H,1-2H3/b5-3-. The molecule has 0 unspecified atom stereocenters. The highest BCUT2D eigenvalue weighted by molar-refractivity contribution is 7.19. The monoisotopic (exact) mass is 189 g/mol. The highest BCUT2D eigenvalue weighted by Gasteiger charge is 2.05. The molecule has 0 atom stereocenters. The van der Waals surface area contributed by atoms with Crippen LogP contribution in [0.4, 0.5) is 0 Å². The second-order valence-electron chi connectivity index (χ2n) is 2.92. The van der Waals surface area contributed by atoms with E-state index >= 15 is 0 Å². The van der Waals surface area contributed by atoms with Crippen molar-refractivity contribution in [1.82, 2.24) is 4.98 Å². The molecule has 2 rings (SSSR count). The number of thiophene rings is 1. The van der Waals surface area contributed by atoms with E-state index in [0.717, 1.165) is 5.52 Å². The van der Waals surface area contributed by atoms with E-state index in [1.807, 2.05) is 19.2 Å². The molecule has 0 radical (unpaired) electrons. The average molecular weight is 189 g/mol. The first kappa shape index (κ1) is 8.45. The Morgan fingerprint density at radius 1 is 1.46 bits per heavy atom. The van der Waals surface area contributed by atoms with Gasteiger partial charge in [0.15, 0.2) is 0 Å². The molecule has 0 fully saturated rings. The third kappa shape index (κ3) is 1.38. The largest absolute Gasteiger partial charge is 0.255 e. The fraction of sp³-hybridized carbons (Fsp3) is 0.182. The molecule has 13 heavy (non-hydrogen) atoms. The van der Waals surface area contributed by atoms with Gasteiger partial charge in [-0.05, 0) is 26.0 Å². The van der Waals surface area contributed by atoms with Gasteiger partial charge in [0.25, 0.3) is 0 Å². The minimum Gasteiger partial charge on any atom is -0.255 e. The summed E-state index contributed by atoms with van der Waals surface area (Å²) in [5.41, 5.74) is 2.39. The first-order valence-electron chi connectivity index (χ1n) is 4.29. The number of pyridine rings is 1. The van der Waals surface area contributed by atoms with Gasteiger partial charge < -0.3 is 0 Å². The highest BCUT2D eigenvalue weighted by atomic mass is 32.1. The Balaban J connectivity index is 2.78. The molecular weight excluding hydrogens is 178 g/mol. The first-order chi connectivity index (χ1) is 6.33. The van der Waals surface area contributed by atoms with E-state index in [0.29, 0.717) is 0 Å². The number of nitrogens with zero attached hydrogens (tertiary/aromatic N) is 1. The van der Waals surface area contributed by atoms with Gasteiger partial charge in [0.1, 0.15) is 0 Å². The topological polar surface area (TPSA) is 12.9 Å². The van der Waals surface area contributed by atoms with Crippen LogP contribution in [0.3, 0.4) is 0 Å². The Bertz CT molecular complexity index is 454. The summed E-state index contributed by atoms with van der Waals surface area (Å²) in [7, 11) is 0. The lowest BCUT2D eigenvalue weighted by Gasteiger charge is -1.90. The Labute approximate surface area is 81.7 Å². The smallest absolute Gasteiger partial charge is 0.0884 e. The second-order valence-corrected chi connectivity index (χ2v) is 4.18. The van der Waals surface area contributed by atoms with E-state index in [2.05, 4.69) is 30.1 Å². The molecule has 1 nitrogen and oxygen atoms in total. The molecule has 0 amide bonds. The zero-order valence-electron chi connectivity index (χ0n) is 7.74. The molecule has 0 bridgehead atoms. The quantitative estimate of drug-likeness (QED) is 0.667. The van der Waals surface area contributed by atoms with E-state index in [9.17, 15) is 0 Å². The molecule has 0 saturated heterocycles. The summed E-state index contributed by atoms with van der Waals surface area (Å²) < 4.78 is 1.27. The van der Waals surface area contributed by atoms with Crippen LogP contribution in [-0.4, -0.2) is 4.98 Å². The van der Waals surface area contributed by atoms with E-state index in [1.165, 1.54) is 15.1 Å². The maximum atomic E-state index is 4.38. The minimum absolute atomic E-state index is 1.13. The molecule has 0 aliphatic rings. The Morgan fingerprint density at radius 2 is 2.31 bits per heavy atom. The van der Waals surface area contributed by atoms with Crippen LogP contribution in [0, 0.1) is 6.92 Å². The number of aromatic nitrogens is 1. The van der Waals surface area contributed by atoms with Gasteiger partial charge in [0.05, 0.1) is 10.2 Å². The van der Waals surface area contributed by atoms with Crippen molar-refractivity contribution in [3.05, 3.63) is 34.8 Å². The Hall–Kier alpha value is -1.15. The summed E-state index contributed by atoms with van der Waals surface area (Å²) in [5.74, 6) is 0. The van der Waals surface area contributed by atoms with Gasteiger partial charge in [0.2, 0.25) is 0 Å². The van der Waals surface area contributed by atoms with E-state index in [-0.39, 0.29) is 0 Å². The molecular formula is C11H11NS. The van der Waals surface area contributed by atoms with Crippen molar-refractivity contribution in [1.29, 1.82) is 0 Å². The van der Waals surface area contributed by atoms with Gasteiger partial charge >= 0.3 is 0 Å². The lowest BCUT2D eigenvalue weighted by atomic mass is 10.2. The van der Waals surface area contributed by atoms with Crippen molar-refractivity contribution in [3.8, 4) is 0 Å². The molecule has 2 heteroatoms. The number of hydrogen-bond donors (Lipinski definition) is 0. The van der Waals surface area contributed by atoms with Gasteiger partial charge in [-0.25, -0.2) is 0 Å². The summed E-state index contributed by atoms with van der Waals surface area (Å²) >= 11 is 1.80. The van der Waals surface area contributed by atoms with Crippen LogP contribution in [0.15, 0.2) is 24.4 Å². The zero-order chi connectivity index (χ0) is 9.26. The summed E-state index contributed by atoms with van der Waals surface area (Å²) in [5, 5.41) is 0. The zero-order valence-corrected chi connectivity index (χ0v) is 8.56. The molecule has 0 N–H and O–H groups in total. The normalized spacial score (nSPS) is 11.5. The predicted octanol–water partition coefficient (Wildman–Crippen LogP) is 3.64. The van der Waals surface area contributed by atoms with E-state index < -0.39 is 0 Å². The predicted molar refractivity (Wildman–Crippen MR) is 59.1 cm³/mol. The van der Waals surface area contributed by atoms with Crippen LogP contribution in [0.1, 0.15) is 17.4 Å². The van der Waals surface area contributed by atoms with Crippen molar-refractivity contribution in [2.24, 2.45) is 0 Å². The van der Waals surface area contributed by atoms with E-state index in [4.69, 9.17) is 0 Å². The van der Waals surface area contributed by atoms with Gasteiger partial charge in [-0.2, -0.15) is 0 Å². The van der Waals surface area contributed by atoms with Gasteiger partial charge in [-0.3, -0.25) is 4.98 Å². The molecule has 2 aromatic rings. The molecule has 2 heterocycles. The van der Waals surface area contributed by atoms with Gasteiger partial charge in [-0.1, -0.05) is 12.2 Å². The van der Waals surface area contributed by atoms with Crippen molar-refractivity contribution < 1.29 is 0 Å². The third-order valence-corrected chi connectivity index (χ3v) is 3.08. The highest BCUT2D eigenvalue weighted by Crippen LogP contribution is 2.29. The van der Waals surface area contributed by atoms with Crippen molar-refractivity contribution in [2.45, 2.75) is 13.8 Å². The molecule has 66 valence electrons. The molecule has 0 aliphatic carbocycles. The maximum absolute atomic E-state index is 4.38. The fourth-order valence-electron chi connectivity index (χ4n) is 1.42. The second kappa shape index (κ2) is 3.30. The summed E-state index contributed by atoms with van der Waals surface area (Å²) in [6, 6.07) is 4.10. The Morgan fingerprint density at radius 3 is 3.08 bits per heavy atom. The molecule has 0 saturated carbocycles. The minimum atomic E-state index is 1.13. The molecule has 0 aromatic carbocycles. The number of allylic oxidation sites excluding steroid dienone is 1. The Kier molecular flexibility index (Phi) is 2.15. The van der Waals surface area contributed by atoms with Gasteiger partial charge in [0, 0.05) is 16.6 Å². The van der Waals surface area contributed by atoms with Crippen LogP contribution in [0.5, 0.6) is 0 Å². The van der Waals surface area contributed by atoms with Crippen LogP contribution in [-0.2, 0) is 0 Å². The summed E-state index contributed by atoms with van der Waals surface area (Å²) in [4.78, 5) is 5.72. The SMILES string of the molecule is C/C=C\c1c(C)sc2cccnc12. The number of fused-ring (bicyclic) bond motifs is 1. The summed E-state index contributed by atoms with van der Waals surface area (Å²) in [6.07, 6.45) is 6.03. The lowest BCUT2D eigenvalue weighted by Crippen LogP contribution is -1.75. The van der Waals surface area contributed by atoms with E-state index in [1.54, 1.807) is 11.3 Å². The number of rotatable bonds is 1. The first-order valence-corrected chi connectivity index (χ1v) is 5.11. The fourth-order valence-corrected chi connectivity index (χ4v) is 2.44. The van der Waals surface area contributed by atoms with Gasteiger partial charge in [-0.15, -0.1) is 11.3 Å². The van der Waals surface area contributed by atoms with Crippen LogP contribution < -0.4 is 0 Å². The van der Waals surface area contributed by atoms with Crippen LogP contribution in [0.25, 0.3) is 16.3 Å². The van der Waals surface area contributed by atoms with Crippen LogP contribution in [0.2, 0.25) is 0 Å². The molecule has 0 spiro atoms.